The van der Waals surface area contributed by atoms with Gasteiger partial charge >= 0.3 is 0 Å². The molecule has 0 unspecified atom stereocenters. The van der Waals surface area contributed by atoms with Crippen LogP contribution in [0.25, 0.3) is 0 Å². The van der Waals surface area contributed by atoms with Gasteiger partial charge in [0.05, 0.1) is 4.92 Å². The molecule has 0 atom stereocenters. The van der Waals surface area contributed by atoms with E-state index in [1.54, 1.807) is 12.1 Å². The number of non-ortho nitro benzene ring substituents is 1. The van der Waals surface area contributed by atoms with E-state index in [9.17, 15) is 10.1 Å². The van der Waals surface area contributed by atoms with E-state index in [1.165, 1.54) is 17.7 Å². The first-order chi connectivity index (χ1) is 10.1. The van der Waals surface area contributed by atoms with Gasteiger partial charge < -0.3 is 10.6 Å². The number of rotatable bonds is 7. The molecule has 0 saturated carbocycles. The lowest BCUT2D eigenvalue weighted by Crippen LogP contribution is -2.21. The van der Waals surface area contributed by atoms with Crippen LogP contribution < -0.4 is 10.6 Å². The van der Waals surface area contributed by atoms with Gasteiger partial charge in [0.2, 0.25) is 0 Å². The molecule has 2 aromatic rings. The average molecular weight is 342 g/mol. The van der Waals surface area contributed by atoms with Crippen LogP contribution in [0.5, 0.6) is 0 Å². The molecule has 0 spiro atoms. The van der Waals surface area contributed by atoms with Crippen LogP contribution in [0, 0.1) is 10.1 Å². The third-order valence-electron chi connectivity index (χ3n) is 2.95. The molecule has 5 nitrogen and oxygen atoms in total. The SMILES string of the molecule is Cl.O=[N+]([O-])c1ccc(NCCNCc2ccc(Cl)cc2)cc1. The second kappa shape index (κ2) is 9.25. The fourth-order valence-corrected chi connectivity index (χ4v) is 1.96. The number of nitro groups is 1. The third-order valence-corrected chi connectivity index (χ3v) is 3.20. The van der Waals surface area contributed by atoms with Crippen LogP contribution in [0.15, 0.2) is 48.5 Å². The van der Waals surface area contributed by atoms with Gasteiger partial charge in [0.15, 0.2) is 0 Å². The summed E-state index contributed by atoms with van der Waals surface area (Å²) in [5.74, 6) is 0. The van der Waals surface area contributed by atoms with Gasteiger partial charge in [0.1, 0.15) is 0 Å². The van der Waals surface area contributed by atoms with E-state index < -0.39 is 4.92 Å². The van der Waals surface area contributed by atoms with E-state index >= 15 is 0 Å². The first-order valence-corrected chi connectivity index (χ1v) is 6.96. The van der Waals surface area contributed by atoms with E-state index in [4.69, 9.17) is 11.6 Å². The second-order valence-corrected chi connectivity index (χ2v) is 4.97. The number of nitro benzene ring substituents is 1. The lowest BCUT2D eigenvalue weighted by Gasteiger charge is -2.08. The molecule has 0 aromatic heterocycles. The Kier molecular flexibility index (Phi) is 7.66. The Labute approximate surface area is 140 Å². The summed E-state index contributed by atoms with van der Waals surface area (Å²) in [7, 11) is 0. The summed E-state index contributed by atoms with van der Waals surface area (Å²) in [6.45, 7) is 2.31. The normalized spacial score (nSPS) is 9.86. The van der Waals surface area contributed by atoms with E-state index in [0.717, 1.165) is 30.3 Å². The fraction of sp³-hybridized carbons (Fsp3) is 0.200. The largest absolute Gasteiger partial charge is 0.384 e. The Bertz CT molecular complexity index is 589. The Hall–Kier alpha value is -1.82. The van der Waals surface area contributed by atoms with Crippen molar-refractivity contribution in [3.63, 3.8) is 0 Å². The minimum atomic E-state index is -0.405. The minimum absolute atomic E-state index is 0. The number of anilines is 1. The van der Waals surface area contributed by atoms with E-state index in [2.05, 4.69) is 10.6 Å². The molecule has 22 heavy (non-hydrogen) atoms. The number of nitrogens with one attached hydrogen (secondary N) is 2. The predicted molar refractivity (Wildman–Crippen MR) is 92.0 cm³/mol. The summed E-state index contributed by atoms with van der Waals surface area (Å²) in [5.41, 5.74) is 2.14. The highest BCUT2D eigenvalue weighted by Crippen LogP contribution is 2.14. The minimum Gasteiger partial charge on any atom is -0.384 e. The Morgan fingerprint density at radius 2 is 1.64 bits per heavy atom. The lowest BCUT2D eigenvalue weighted by atomic mass is 10.2. The fourth-order valence-electron chi connectivity index (χ4n) is 1.83. The third kappa shape index (κ3) is 5.89. The molecule has 118 valence electrons. The van der Waals surface area contributed by atoms with Crippen LogP contribution in [-0.4, -0.2) is 18.0 Å². The summed E-state index contributed by atoms with van der Waals surface area (Å²) < 4.78 is 0. The summed E-state index contributed by atoms with van der Waals surface area (Å²) in [4.78, 5) is 10.1. The molecule has 0 aliphatic rings. The van der Waals surface area contributed by atoms with Crippen molar-refractivity contribution in [1.82, 2.24) is 5.32 Å². The van der Waals surface area contributed by atoms with Gasteiger partial charge in [-0.3, -0.25) is 10.1 Å². The zero-order chi connectivity index (χ0) is 15.1. The quantitative estimate of drug-likeness (QED) is 0.455. The summed E-state index contributed by atoms with van der Waals surface area (Å²) in [5, 5.41) is 17.8. The number of nitrogens with zero attached hydrogens (tertiary/aromatic N) is 1. The van der Waals surface area contributed by atoms with Crippen LogP contribution >= 0.6 is 24.0 Å². The van der Waals surface area contributed by atoms with Crippen molar-refractivity contribution >= 4 is 35.4 Å². The van der Waals surface area contributed by atoms with Gasteiger partial charge in [0.25, 0.3) is 5.69 Å². The van der Waals surface area contributed by atoms with Gasteiger partial charge in [-0.1, -0.05) is 23.7 Å². The molecule has 7 heteroatoms. The average Bonchev–Trinajstić information content (AvgIpc) is 2.49. The predicted octanol–water partition coefficient (Wildman–Crippen LogP) is 3.87. The monoisotopic (exact) mass is 341 g/mol. The molecule has 0 aliphatic heterocycles. The molecule has 0 fully saturated rings. The smallest absolute Gasteiger partial charge is 0.269 e. The van der Waals surface area contributed by atoms with Gasteiger partial charge in [-0.25, -0.2) is 0 Å². The maximum atomic E-state index is 10.5. The van der Waals surface area contributed by atoms with Crippen molar-refractivity contribution in [3.05, 3.63) is 69.2 Å². The van der Waals surface area contributed by atoms with Gasteiger partial charge in [-0.15, -0.1) is 12.4 Å². The molecule has 0 bridgehead atoms. The molecule has 0 radical (unpaired) electrons. The lowest BCUT2D eigenvalue weighted by molar-refractivity contribution is -0.384. The molecular formula is C15H17Cl2N3O2. The van der Waals surface area contributed by atoms with Crippen molar-refractivity contribution in [1.29, 1.82) is 0 Å². The molecule has 2 N–H and O–H groups in total. The van der Waals surface area contributed by atoms with Crippen LogP contribution in [0.2, 0.25) is 5.02 Å². The molecule has 2 aromatic carbocycles. The molecule has 0 amide bonds. The molecular weight excluding hydrogens is 325 g/mol. The van der Waals surface area contributed by atoms with Crippen molar-refractivity contribution in [2.24, 2.45) is 0 Å². The number of halogens is 2. The second-order valence-electron chi connectivity index (χ2n) is 4.53. The maximum Gasteiger partial charge on any atom is 0.269 e. The van der Waals surface area contributed by atoms with Crippen molar-refractivity contribution in [3.8, 4) is 0 Å². The highest BCUT2D eigenvalue weighted by atomic mass is 35.5. The van der Waals surface area contributed by atoms with E-state index in [-0.39, 0.29) is 18.1 Å². The molecule has 0 aliphatic carbocycles. The van der Waals surface area contributed by atoms with Crippen molar-refractivity contribution in [2.45, 2.75) is 6.54 Å². The van der Waals surface area contributed by atoms with Crippen LogP contribution in [0.4, 0.5) is 11.4 Å². The van der Waals surface area contributed by atoms with E-state index in [0.29, 0.717) is 0 Å². The van der Waals surface area contributed by atoms with Gasteiger partial charge in [0, 0.05) is 42.5 Å². The van der Waals surface area contributed by atoms with Gasteiger partial charge in [-0.05, 0) is 29.8 Å². The molecule has 0 heterocycles. The van der Waals surface area contributed by atoms with Crippen molar-refractivity contribution < 1.29 is 4.92 Å². The standard InChI is InChI=1S/C15H16ClN3O2.ClH/c16-13-3-1-12(2-4-13)11-17-9-10-18-14-5-7-15(8-6-14)19(20)21;/h1-8,17-18H,9-11H2;1H. The highest BCUT2D eigenvalue weighted by molar-refractivity contribution is 6.30. The summed E-state index contributed by atoms with van der Waals surface area (Å²) in [6, 6.07) is 14.1. The molecule has 0 saturated heterocycles. The number of hydrogen-bond donors (Lipinski definition) is 2. The maximum absolute atomic E-state index is 10.5. The van der Waals surface area contributed by atoms with Crippen LogP contribution in [0.3, 0.4) is 0 Å². The zero-order valence-corrected chi connectivity index (χ0v) is 13.4. The van der Waals surface area contributed by atoms with Crippen LogP contribution in [-0.2, 0) is 6.54 Å². The topological polar surface area (TPSA) is 67.2 Å². The Morgan fingerprint density at radius 1 is 1.00 bits per heavy atom. The Balaban J connectivity index is 0.00000242. The number of hydrogen-bond acceptors (Lipinski definition) is 4. The highest BCUT2D eigenvalue weighted by Gasteiger charge is 2.03. The van der Waals surface area contributed by atoms with E-state index in [1.807, 2.05) is 24.3 Å². The van der Waals surface area contributed by atoms with Crippen LogP contribution in [0.1, 0.15) is 5.56 Å². The Morgan fingerprint density at radius 3 is 2.23 bits per heavy atom. The molecule has 2 rings (SSSR count). The zero-order valence-electron chi connectivity index (χ0n) is 11.8. The summed E-state index contributed by atoms with van der Waals surface area (Å²) >= 11 is 5.82. The summed E-state index contributed by atoms with van der Waals surface area (Å²) in [6.07, 6.45) is 0. The van der Waals surface area contributed by atoms with Gasteiger partial charge in [-0.2, -0.15) is 0 Å². The number of benzene rings is 2. The first kappa shape index (κ1) is 18.2. The first-order valence-electron chi connectivity index (χ1n) is 6.58. The van der Waals surface area contributed by atoms with Crippen molar-refractivity contribution in [2.75, 3.05) is 18.4 Å².